The number of carbonyl (C=O) groups is 1. The quantitative estimate of drug-likeness (QED) is 0.753. The lowest BCUT2D eigenvalue weighted by Crippen LogP contribution is -2.19. The summed E-state index contributed by atoms with van der Waals surface area (Å²) in [5.41, 5.74) is 1.57. The third-order valence-corrected chi connectivity index (χ3v) is 2.81. The zero-order valence-electron chi connectivity index (χ0n) is 11.2. The molecule has 0 radical (unpaired) electrons. The van der Waals surface area contributed by atoms with Crippen molar-refractivity contribution in [2.45, 2.75) is 26.1 Å². The molecule has 0 amide bonds. The highest BCUT2D eigenvalue weighted by Crippen LogP contribution is 2.23. The molecular formula is C17H18O2. The number of benzene rings is 2. The monoisotopic (exact) mass is 254 g/mol. The summed E-state index contributed by atoms with van der Waals surface area (Å²) in [4.78, 5) is 12.6. The van der Waals surface area contributed by atoms with Crippen LogP contribution in [0.3, 0.4) is 0 Å². The van der Waals surface area contributed by atoms with E-state index < -0.39 is 6.10 Å². The summed E-state index contributed by atoms with van der Waals surface area (Å²) < 4.78 is 5.80. The van der Waals surface area contributed by atoms with Crippen LogP contribution in [0.4, 0.5) is 0 Å². The lowest BCUT2D eigenvalue weighted by atomic mass is 9.99. The van der Waals surface area contributed by atoms with Gasteiger partial charge in [-0.15, -0.1) is 0 Å². The Labute approximate surface area is 114 Å². The third-order valence-electron chi connectivity index (χ3n) is 2.81. The van der Waals surface area contributed by atoms with E-state index >= 15 is 0 Å². The first kappa shape index (κ1) is 13.5. The second kappa shape index (κ2) is 6.30. The van der Waals surface area contributed by atoms with Gasteiger partial charge in [-0.3, -0.25) is 4.79 Å². The van der Waals surface area contributed by atoms with Crippen molar-refractivity contribution < 1.29 is 9.53 Å². The van der Waals surface area contributed by atoms with Crippen molar-refractivity contribution in [3.63, 3.8) is 0 Å². The summed E-state index contributed by atoms with van der Waals surface area (Å²) in [6.07, 6.45) is -0.540. The van der Waals surface area contributed by atoms with E-state index in [2.05, 4.69) is 0 Å². The van der Waals surface area contributed by atoms with Crippen LogP contribution in [0.2, 0.25) is 0 Å². The zero-order valence-corrected chi connectivity index (χ0v) is 11.2. The fraction of sp³-hybridized carbons (Fsp3) is 0.235. The molecule has 0 unspecified atom stereocenters. The van der Waals surface area contributed by atoms with Crippen molar-refractivity contribution in [2.24, 2.45) is 0 Å². The van der Waals surface area contributed by atoms with Crippen LogP contribution in [-0.4, -0.2) is 11.9 Å². The second-order valence-electron chi connectivity index (χ2n) is 4.71. The largest absolute Gasteiger partial charge is 0.363 e. The van der Waals surface area contributed by atoms with E-state index in [1.165, 1.54) is 0 Å². The first-order valence-corrected chi connectivity index (χ1v) is 6.48. The Bertz CT molecular complexity index is 517. The number of ketones is 1. The van der Waals surface area contributed by atoms with Crippen molar-refractivity contribution in [3.05, 3.63) is 71.8 Å². The van der Waals surface area contributed by atoms with Gasteiger partial charge in [-0.2, -0.15) is 0 Å². The van der Waals surface area contributed by atoms with E-state index in [-0.39, 0.29) is 11.9 Å². The summed E-state index contributed by atoms with van der Waals surface area (Å²) >= 11 is 0. The Kier molecular flexibility index (Phi) is 4.48. The van der Waals surface area contributed by atoms with E-state index in [4.69, 9.17) is 4.74 Å². The molecule has 19 heavy (non-hydrogen) atoms. The maximum atomic E-state index is 12.6. The molecule has 0 bridgehead atoms. The van der Waals surface area contributed by atoms with Crippen LogP contribution >= 0.6 is 0 Å². The molecule has 0 spiro atoms. The molecule has 2 rings (SSSR count). The number of Topliss-reactive ketones (excluding diaryl/α,β-unsaturated/α-hetero) is 1. The molecule has 0 fully saturated rings. The number of hydrogen-bond donors (Lipinski definition) is 0. The first-order chi connectivity index (χ1) is 9.18. The molecule has 1 atom stereocenters. The summed E-state index contributed by atoms with van der Waals surface area (Å²) in [5.74, 6) is 0.000463. The van der Waals surface area contributed by atoms with E-state index in [0.29, 0.717) is 5.56 Å². The number of hydrogen-bond acceptors (Lipinski definition) is 2. The van der Waals surface area contributed by atoms with Gasteiger partial charge in [0.05, 0.1) is 6.10 Å². The Hall–Kier alpha value is -1.93. The van der Waals surface area contributed by atoms with Crippen molar-refractivity contribution in [1.29, 1.82) is 0 Å². The first-order valence-electron chi connectivity index (χ1n) is 6.48. The molecule has 0 saturated heterocycles. The smallest absolute Gasteiger partial charge is 0.196 e. The van der Waals surface area contributed by atoms with Crippen LogP contribution in [0.5, 0.6) is 0 Å². The predicted octanol–water partition coefficient (Wildman–Crippen LogP) is 4.04. The minimum absolute atomic E-state index is 0.000463. The lowest BCUT2D eigenvalue weighted by molar-refractivity contribution is 0.0114. The molecule has 0 aromatic heterocycles. The normalized spacial score (nSPS) is 12.4. The number of rotatable bonds is 5. The van der Waals surface area contributed by atoms with E-state index in [0.717, 1.165) is 5.56 Å². The number of carbonyl (C=O) groups excluding carboxylic acids is 1. The van der Waals surface area contributed by atoms with Crippen molar-refractivity contribution in [2.75, 3.05) is 0 Å². The average molecular weight is 254 g/mol. The van der Waals surface area contributed by atoms with Crippen LogP contribution in [0.1, 0.15) is 35.9 Å². The predicted molar refractivity (Wildman–Crippen MR) is 76.2 cm³/mol. The molecule has 0 N–H and O–H groups in total. The van der Waals surface area contributed by atoms with Crippen LogP contribution in [0, 0.1) is 0 Å². The van der Waals surface area contributed by atoms with Crippen molar-refractivity contribution in [1.82, 2.24) is 0 Å². The van der Waals surface area contributed by atoms with Gasteiger partial charge < -0.3 is 4.74 Å². The van der Waals surface area contributed by atoms with Gasteiger partial charge in [-0.1, -0.05) is 60.7 Å². The van der Waals surface area contributed by atoms with E-state index in [1.54, 1.807) is 0 Å². The molecule has 2 heteroatoms. The lowest BCUT2D eigenvalue weighted by Gasteiger charge is -2.19. The van der Waals surface area contributed by atoms with Gasteiger partial charge in [-0.05, 0) is 19.4 Å². The SMILES string of the molecule is CC(C)O[C@@H](C(=O)c1ccccc1)c1ccccc1. The molecule has 98 valence electrons. The van der Waals surface area contributed by atoms with E-state index in [1.807, 2.05) is 74.5 Å². The number of ether oxygens (including phenoxy) is 1. The summed E-state index contributed by atoms with van der Waals surface area (Å²) in [6, 6.07) is 18.9. The third kappa shape index (κ3) is 3.52. The highest BCUT2D eigenvalue weighted by atomic mass is 16.5. The summed E-state index contributed by atoms with van der Waals surface area (Å²) in [7, 11) is 0. The minimum Gasteiger partial charge on any atom is -0.363 e. The molecule has 0 saturated carbocycles. The maximum absolute atomic E-state index is 12.6. The Morgan fingerprint density at radius 1 is 0.895 bits per heavy atom. The average Bonchev–Trinajstić information content (AvgIpc) is 2.46. The summed E-state index contributed by atoms with van der Waals surface area (Å²) in [5, 5.41) is 0. The van der Waals surface area contributed by atoms with Crippen molar-refractivity contribution in [3.8, 4) is 0 Å². The van der Waals surface area contributed by atoms with Crippen LogP contribution in [0.15, 0.2) is 60.7 Å². The molecular weight excluding hydrogens is 236 g/mol. The van der Waals surface area contributed by atoms with E-state index in [9.17, 15) is 4.79 Å². The van der Waals surface area contributed by atoms with Gasteiger partial charge in [-0.25, -0.2) is 0 Å². The molecule has 2 aromatic carbocycles. The highest BCUT2D eigenvalue weighted by molar-refractivity contribution is 6.00. The minimum atomic E-state index is -0.538. The fourth-order valence-corrected chi connectivity index (χ4v) is 1.95. The van der Waals surface area contributed by atoms with Crippen molar-refractivity contribution >= 4 is 5.78 Å². The van der Waals surface area contributed by atoms with Gasteiger partial charge in [0.15, 0.2) is 5.78 Å². The summed E-state index contributed by atoms with van der Waals surface area (Å²) in [6.45, 7) is 3.88. The molecule has 0 aliphatic carbocycles. The molecule has 0 heterocycles. The van der Waals surface area contributed by atoms with Gasteiger partial charge in [0, 0.05) is 5.56 Å². The highest BCUT2D eigenvalue weighted by Gasteiger charge is 2.23. The molecule has 0 aliphatic heterocycles. The van der Waals surface area contributed by atoms with Gasteiger partial charge in [0.25, 0.3) is 0 Å². The molecule has 0 aliphatic rings. The van der Waals surface area contributed by atoms with Gasteiger partial charge in [0.1, 0.15) is 6.10 Å². The second-order valence-corrected chi connectivity index (χ2v) is 4.71. The molecule has 2 aromatic rings. The molecule has 2 nitrogen and oxygen atoms in total. The van der Waals surface area contributed by atoms with Gasteiger partial charge in [0.2, 0.25) is 0 Å². The van der Waals surface area contributed by atoms with Crippen LogP contribution in [0.25, 0.3) is 0 Å². The Morgan fingerprint density at radius 2 is 1.42 bits per heavy atom. The standard InChI is InChI=1S/C17H18O2/c1-13(2)19-17(15-11-7-4-8-12-15)16(18)14-9-5-3-6-10-14/h3-13,17H,1-2H3/t17-/m1/s1. The van der Waals surface area contributed by atoms with Crippen LogP contribution in [-0.2, 0) is 4.74 Å². The fourth-order valence-electron chi connectivity index (χ4n) is 1.95. The zero-order chi connectivity index (χ0) is 13.7. The van der Waals surface area contributed by atoms with Gasteiger partial charge >= 0.3 is 0 Å². The topological polar surface area (TPSA) is 26.3 Å². The Balaban J connectivity index is 2.31. The Morgan fingerprint density at radius 3 is 1.95 bits per heavy atom. The maximum Gasteiger partial charge on any atom is 0.196 e. The van der Waals surface area contributed by atoms with Crippen LogP contribution < -0.4 is 0 Å².